The number of likely N-dealkylation sites (N-methyl/N-ethyl adjacent to an activating group) is 1. The highest BCUT2D eigenvalue weighted by Crippen LogP contribution is 2.27. The summed E-state index contributed by atoms with van der Waals surface area (Å²) in [4.78, 5) is 18.2. The molecule has 1 heterocycles. The molecule has 0 amide bonds. The lowest BCUT2D eigenvalue weighted by Gasteiger charge is -2.28. The number of rotatable bonds is 6. The number of hydrogen-bond donors (Lipinski definition) is 1. The molecular formula is C14H26N4O2. The molecule has 0 aliphatic rings. The molecule has 0 spiro atoms. The molecular weight excluding hydrogens is 256 g/mol. The van der Waals surface area contributed by atoms with Gasteiger partial charge in [-0.3, -0.25) is 0 Å². The number of aryl methyl sites for hydroxylation is 1. The Labute approximate surface area is 120 Å². The van der Waals surface area contributed by atoms with Crippen molar-refractivity contribution < 1.29 is 9.53 Å². The summed E-state index contributed by atoms with van der Waals surface area (Å²) in [5.41, 5.74) is 6.37. The Morgan fingerprint density at radius 1 is 1.45 bits per heavy atom. The highest BCUT2D eigenvalue weighted by Gasteiger charge is 2.27. The summed E-state index contributed by atoms with van der Waals surface area (Å²) in [6.45, 7) is 7.13. The zero-order chi connectivity index (χ0) is 15.4. The van der Waals surface area contributed by atoms with Crippen molar-refractivity contribution in [1.29, 1.82) is 0 Å². The number of nitrogen functional groups attached to an aromatic ring is 1. The number of ether oxygens (including phenoxy) is 1. The third-order valence-electron chi connectivity index (χ3n) is 3.37. The molecule has 6 heteroatoms. The molecule has 0 aromatic carbocycles. The van der Waals surface area contributed by atoms with Crippen LogP contribution in [0.15, 0.2) is 0 Å². The largest absolute Gasteiger partial charge is 0.464 e. The topological polar surface area (TPSA) is 73.4 Å². The van der Waals surface area contributed by atoms with Gasteiger partial charge in [0.1, 0.15) is 11.6 Å². The Kier molecular flexibility index (Phi) is 5.56. The van der Waals surface area contributed by atoms with Gasteiger partial charge >= 0.3 is 5.97 Å². The minimum atomic E-state index is -0.483. The number of carbonyl (C=O) groups excluding carboxylic acids is 1. The molecule has 0 aliphatic carbocycles. The molecule has 0 bridgehead atoms. The first-order chi connectivity index (χ1) is 9.33. The fourth-order valence-electron chi connectivity index (χ4n) is 2.32. The van der Waals surface area contributed by atoms with Crippen LogP contribution in [0.3, 0.4) is 0 Å². The van der Waals surface area contributed by atoms with Crippen molar-refractivity contribution in [1.82, 2.24) is 14.5 Å². The van der Waals surface area contributed by atoms with Gasteiger partial charge in [-0.25, -0.2) is 9.78 Å². The van der Waals surface area contributed by atoms with E-state index >= 15 is 0 Å². The fraction of sp³-hybridized carbons (Fsp3) is 0.714. The van der Waals surface area contributed by atoms with E-state index in [1.807, 2.05) is 25.6 Å². The van der Waals surface area contributed by atoms with Crippen molar-refractivity contribution in [2.45, 2.75) is 33.2 Å². The van der Waals surface area contributed by atoms with E-state index in [2.05, 4.69) is 23.7 Å². The number of aromatic nitrogens is 2. The molecule has 1 atom stereocenters. The van der Waals surface area contributed by atoms with Gasteiger partial charge in [-0.2, -0.15) is 0 Å². The Bertz CT molecular complexity index is 466. The van der Waals surface area contributed by atoms with Gasteiger partial charge in [0.05, 0.1) is 13.2 Å². The van der Waals surface area contributed by atoms with Crippen LogP contribution in [0.4, 0.5) is 5.82 Å². The van der Waals surface area contributed by atoms with Crippen LogP contribution in [-0.2, 0) is 11.2 Å². The summed E-state index contributed by atoms with van der Waals surface area (Å²) in [6.07, 6.45) is 0.720. The van der Waals surface area contributed by atoms with E-state index in [4.69, 9.17) is 10.5 Å². The number of carbonyl (C=O) groups is 1. The molecule has 0 radical (unpaired) electrons. The van der Waals surface area contributed by atoms with E-state index in [9.17, 15) is 4.79 Å². The van der Waals surface area contributed by atoms with Crippen molar-refractivity contribution >= 4 is 11.8 Å². The second-order valence-electron chi connectivity index (χ2n) is 5.55. The van der Waals surface area contributed by atoms with Crippen LogP contribution in [0.25, 0.3) is 0 Å². The van der Waals surface area contributed by atoms with Gasteiger partial charge in [-0.15, -0.1) is 0 Å². The van der Waals surface area contributed by atoms with Gasteiger partial charge in [-0.1, -0.05) is 20.8 Å². The Hall–Kier alpha value is -1.56. The smallest absolute Gasteiger partial charge is 0.360 e. The molecule has 1 rings (SSSR count). The van der Waals surface area contributed by atoms with Crippen LogP contribution in [-0.4, -0.2) is 48.2 Å². The number of nitrogens with two attached hydrogens (primary N) is 1. The molecule has 1 unspecified atom stereocenters. The second kappa shape index (κ2) is 6.74. The molecule has 1 aromatic heterocycles. The predicted octanol–water partition coefficient (Wildman–Crippen LogP) is 1.57. The number of methoxy groups -OCH3 is 1. The lowest BCUT2D eigenvalue weighted by Crippen LogP contribution is -2.30. The van der Waals surface area contributed by atoms with E-state index in [1.165, 1.54) is 7.11 Å². The van der Waals surface area contributed by atoms with Crippen LogP contribution >= 0.6 is 0 Å². The number of nitrogens with zero attached hydrogens (tertiary/aromatic N) is 3. The summed E-state index contributed by atoms with van der Waals surface area (Å²) >= 11 is 0. The fourth-order valence-corrected chi connectivity index (χ4v) is 2.32. The first-order valence-corrected chi connectivity index (χ1v) is 6.93. The van der Waals surface area contributed by atoms with Gasteiger partial charge in [0, 0.05) is 13.0 Å². The van der Waals surface area contributed by atoms with Crippen molar-refractivity contribution in [2.24, 2.45) is 5.92 Å². The highest BCUT2D eigenvalue weighted by molar-refractivity contribution is 5.92. The average Bonchev–Trinajstić information content (AvgIpc) is 2.71. The van der Waals surface area contributed by atoms with Gasteiger partial charge in [0.2, 0.25) is 0 Å². The van der Waals surface area contributed by atoms with Gasteiger partial charge in [-0.05, 0) is 20.0 Å². The quantitative estimate of drug-likeness (QED) is 0.802. The van der Waals surface area contributed by atoms with Gasteiger partial charge in [0.25, 0.3) is 0 Å². The standard InChI is InChI=1S/C14H26N4O2/c1-7-11-16-12(14(19)20-6)13(15)18(11)10(9(2)3)8-17(4)5/h9-10H,7-8,15H2,1-6H3. The summed E-state index contributed by atoms with van der Waals surface area (Å²) in [6, 6.07) is 0.172. The Morgan fingerprint density at radius 3 is 2.45 bits per heavy atom. The van der Waals surface area contributed by atoms with E-state index in [0.29, 0.717) is 11.7 Å². The van der Waals surface area contributed by atoms with Crippen LogP contribution in [0.2, 0.25) is 0 Å². The summed E-state index contributed by atoms with van der Waals surface area (Å²) in [5.74, 6) is 1.12. The SMILES string of the molecule is CCc1nc(C(=O)OC)c(N)n1C(CN(C)C)C(C)C. The van der Waals surface area contributed by atoms with E-state index < -0.39 is 5.97 Å². The number of anilines is 1. The minimum absolute atomic E-state index is 0.172. The third-order valence-corrected chi connectivity index (χ3v) is 3.37. The van der Waals surface area contributed by atoms with Crippen molar-refractivity contribution in [3.05, 3.63) is 11.5 Å². The lowest BCUT2D eigenvalue weighted by atomic mass is 10.0. The maximum atomic E-state index is 11.7. The molecule has 114 valence electrons. The highest BCUT2D eigenvalue weighted by atomic mass is 16.5. The van der Waals surface area contributed by atoms with Crippen LogP contribution in [0, 0.1) is 5.92 Å². The predicted molar refractivity (Wildman–Crippen MR) is 79.8 cm³/mol. The number of imidazole rings is 1. The molecule has 6 nitrogen and oxygen atoms in total. The molecule has 1 aromatic rings. The molecule has 0 saturated carbocycles. The van der Waals surface area contributed by atoms with E-state index in [0.717, 1.165) is 18.8 Å². The minimum Gasteiger partial charge on any atom is -0.464 e. The second-order valence-corrected chi connectivity index (χ2v) is 5.55. The first kappa shape index (κ1) is 16.5. The Morgan fingerprint density at radius 2 is 2.05 bits per heavy atom. The normalized spacial score (nSPS) is 13.0. The van der Waals surface area contributed by atoms with Crippen LogP contribution in [0.1, 0.15) is 43.1 Å². The number of esters is 1. The van der Waals surface area contributed by atoms with Crippen molar-refractivity contribution in [2.75, 3.05) is 33.5 Å². The van der Waals surface area contributed by atoms with Crippen LogP contribution < -0.4 is 5.73 Å². The molecule has 0 aliphatic heterocycles. The summed E-state index contributed by atoms with van der Waals surface area (Å²) in [5, 5.41) is 0. The van der Waals surface area contributed by atoms with Gasteiger partial charge in [0.15, 0.2) is 5.69 Å². The van der Waals surface area contributed by atoms with Gasteiger partial charge < -0.3 is 19.9 Å². The average molecular weight is 282 g/mol. The molecule has 2 N–H and O–H groups in total. The zero-order valence-electron chi connectivity index (χ0n) is 13.3. The Balaban J connectivity index is 3.32. The van der Waals surface area contributed by atoms with E-state index in [1.54, 1.807) is 0 Å². The van der Waals surface area contributed by atoms with Crippen molar-refractivity contribution in [3.8, 4) is 0 Å². The molecule has 20 heavy (non-hydrogen) atoms. The third kappa shape index (κ3) is 3.30. The molecule has 0 saturated heterocycles. The van der Waals surface area contributed by atoms with Crippen molar-refractivity contribution in [3.63, 3.8) is 0 Å². The summed E-state index contributed by atoms with van der Waals surface area (Å²) in [7, 11) is 5.39. The molecule has 0 fully saturated rings. The maximum absolute atomic E-state index is 11.7. The van der Waals surface area contributed by atoms with E-state index in [-0.39, 0.29) is 11.7 Å². The maximum Gasteiger partial charge on any atom is 0.360 e. The lowest BCUT2D eigenvalue weighted by molar-refractivity contribution is 0.0595. The first-order valence-electron chi connectivity index (χ1n) is 6.93. The van der Waals surface area contributed by atoms with Crippen LogP contribution in [0.5, 0.6) is 0 Å². The summed E-state index contributed by atoms with van der Waals surface area (Å²) < 4.78 is 6.73. The zero-order valence-corrected chi connectivity index (χ0v) is 13.3. The monoisotopic (exact) mass is 282 g/mol. The number of hydrogen-bond acceptors (Lipinski definition) is 5.